The second-order valence-electron chi connectivity index (χ2n) is 4.47. The Bertz CT molecular complexity index is 519. The van der Waals surface area contributed by atoms with Gasteiger partial charge in [0.1, 0.15) is 6.04 Å². The molecule has 4 nitrogen and oxygen atoms in total. The fourth-order valence-electron chi connectivity index (χ4n) is 2.25. The van der Waals surface area contributed by atoms with Crippen LogP contribution in [-0.2, 0) is 4.79 Å². The van der Waals surface area contributed by atoms with E-state index in [-0.39, 0.29) is 10.9 Å². The van der Waals surface area contributed by atoms with E-state index in [2.05, 4.69) is 0 Å². The molecule has 1 aliphatic heterocycles. The highest BCUT2D eigenvalue weighted by molar-refractivity contribution is 6.36. The Kier molecular flexibility index (Phi) is 4.32. The molecule has 19 heavy (non-hydrogen) atoms. The highest BCUT2D eigenvalue weighted by Gasteiger charge is 2.33. The minimum Gasteiger partial charge on any atom is -0.480 e. The predicted octanol–water partition coefficient (Wildman–Crippen LogP) is 3.07. The quantitative estimate of drug-likeness (QED) is 0.913. The first kappa shape index (κ1) is 14.2. The van der Waals surface area contributed by atoms with Crippen molar-refractivity contribution in [3.05, 3.63) is 33.8 Å². The number of hydrogen-bond acceptors (Lipinski definition) is 2. The Morgan fingerprint density at radius 2 is 2.00 bits per heavy atom. The number of hydrogen-bond donors (Lipinski definition) is 1. The zero-order chi connectivity index (χ0) is 14.0. The molecule has 1 atom stereocenters. The fourth-order valence-corrected chi connectivity index (χ4v) is 2.74. The molecule has 1 aliphatic rings. The van der Waals surface area contributed by atoms with Gasteiger partial charge < -0.3 is 10.0 Å². The number of halogens is 2. The SMILES string of the molecule is O=C(O)[C@H]1CCCCN1C(=O)c1ccc(Cl)cc1Cl. The molecule has 0 radical (unpaired) electrons. The monoisotopic (exact) mass is 301 g/mol. The van der Waals surface area contributed by atoms with E-state index in [1.807, 2.05) is 0 Å². The Morgan fingerprint density at radius 1 is 1.26 bits per heavy atom. The van der Waals surface area contributed by atoms with Crippen molar-refractivity contribution in [2.45, 2.75) is 25.3 Å². The largest absolute Gasteiger partial charge is 0.480 e. The zero-order valence-corrected chi connectivity index (χ0v) is 11.6. The topological polar surface area (TPSA) is 57.6 Å². The molecule has 1 fully saturated rings. The molecule has 1 saturated heterocycles. The number of piperidine rings is 1. The van der Waals surface area contributed by atoms with Gasteiger partial charge in [-0.25, -0.2) is 4.79 Å². The second-order valence-corrected chi connectivity index (χ2v) is 5.32. The summed E-state index contributed by atoms with van der Waals surface area (Å²) < 4.78 is 0. The molecule has 1 amide bonds. The van der Waals surface area contributed by atoms with Crippen LogP contribution >= 0.6 is 23.2 Å². The summed E-state index contributed by atoms with van der Waals surface area (Å²) in [5, 5.41) is 9.85. The van der Waals surface area contributed by atoms with Crippen LogP contribution in [0.15, 0.2) is 18.2 Å². The maximum atomic E-state index is 12.4. The summed E-state index contributed by atoms with van der Waals surface area (Å²) in [6, 6.07) is 3.81. The number of nitrogens with zero attached hydrogens (tertiary/aromatic N) is 1. The van der Waals surface area contributed by atoms with Crippen molar-refractivity contribution in [3.63, 3.8) is 0 Å². The molecule has 2 rings (SSSR count). The number of likely N-dealkylation sites (tertiary alicyclic amines) is 1. The van der Waals surface area contributed by atoms with Crippen molar-refractivity contribution in [2.24, 2.45) is 0 Å². The summed E-state index contributed by atoms with van der Waals surface area (Å²) in [5.41, 5.74) is 0.291. The standard InChI is InChI=1S/C13H13Cl2NO3/c14-8-4-5-9(10(15)7-8)12(17)16-6-2-1-3-11(16)13(18)19/h4-5,7,11H,1-3,6H2,(H,18,19)/t11-/m1/s1. The summed E-state index contributed by atoms with van der Waals surface area (Å²) in [6.07, 6.45) is 2.10. The maximum absolute atomic E-state index is 12.4. The number of benzene rings is 1. The number of amides is 1. The number of rotatable bonds is 2. The molecule has 1 aromatic carbocycles. The minimum absolute atomic E-state index is 0.243. The van der Waals surface area contributed by atoms with Gasteiger partial charge >= 0.3 is 5.97 Å². The lowest BCUT2D eigenvalue weighted by atomic mass is 10.0. The van der Waals surface area contributed by atoms with Crippen molar-refractivity contribution in [1.82, 2.24) is 4.90 Å². The lowest BCUT2D eigenvalue weighted by molar-refractivity contribution is -0.143. The third-order valence-electron chi connectivity index (χ3n) is 3.21. The normalized spacial score (nSPS) is 19.3. The van der Waals surface area contributed by atoms with E-state index in [9.17, 15) is 9.59 Å². The number of carbonyl (C=O) groups excluding carboxylic acids is 1. The van der Waals surface area contributed by atoms with E-state index in [0.717, 1.165) is 12.8 Å². The zero-order valence-electron chi connectivity index (χ0n) is 10.1. The van der Waals surface area contributed by atoms with Crippen LogP contribution in [0, 0.1) is 0 Å². The van der Waals surface area contributed by atoms with Crippen LogP contribution in [0.5, 0.6) is 0 Å². The van der Waals surface area contributed by atoms with Gasteiger partial charge in [-0.1, -0.05) is 23.2 Å². The third kappa shape index (κ3) is 3.01. The van der Waals surface area contributed by atoms with Crippen LogP contribution in [-0.4, -0.2) is 34.5 Å². The van der Waals surface area contributed by atoms with Crippen molar-refractivity contribution < 1.29 is 14.7 Å². The van der Waals surface area contributed by atoms with Gasteiger partial charge in [-0.2, -0.15) is 0 Å². The molecular weight excluding hydrogens is 289 g/mol. The number of carboxylic acid groups (broad SMARTS) is 1. The van der Waals surface area contributed by atoms with Crippen LogP contribution in [0.25, 0.3) is 0 Å². The molecular formula is C13H13Cl2NO3. The number of carbonyl (C=O) groups is 2. The van der Waals surface area contributed by atoms with Gasteiger partial charge in [-0.05, 0) is 37.5 Å². The van der Waals surface area contributed by atoms with Gasteiger partial charge in [0.15, 0.2) is 0 Å². The van der Waals surface area contributed by atoms with E-state index < -0.39 is 12.0 Å². The predicted molar refractivity (Wildman–Crippen MR) is 72.8 cm³/mol. The van der Waals surface area contributed by atoms with Gasteiger partial charge in [0.05, 0.1) is 10.6 Å². The first-order valence-corrected chi connectivity index (χ1v) is 6.75. The average Bonchev–Trinajstić information content (AvgIpc) is 2.38. The summed E-state index contributed by atoms with van der Waals surface area (Å²) in [6.45, 7) is 0.439. The Labute approximate surface area is 120 Å². The molecule has 1 heterocycles. The van der Waals surface area contributed by atoms with Crippen LogP contribution in [0.2, 0.25) is 10.0 Å². The lowest BCUT2D eigenvalue weighted by Crippen LogP contribution is -2.48. The van der Waals surface area contributed by atoms with Crippen molar-refractivity contribution in [3.8, 4) is 0 Å². The summed E-state index contributed by atoms with van der Waals surface area (Å²) in [7, 11) is 0. The Balaban J connectivity index is 2.28. The van der Waals surface area contributed by atoms with E-state index >= 15 is 0 Å². The van der Waals surface area contributed by atoms with Crippen LogP contribution in [0.4, 0.5) is 0 Å². The molecule has 0 saturated carbocycles. The van der Waals surface area contributed by atoms with E-state index in [0.29, 0.717) is 23.6 Å². The number of carboxylic acids is 1. The summed E-state index contributed by atoms with van der Waals surface area (Å²) >= 11 is 11.8. The Hall–Kier alpha value is -1.26. The molecule has 0 bridgehead atoms. The van der Waals surface area contributed by atoms with Crippen LogP contribution in [0.3, 0.4) is 0 Å². The molecule has 0 aromatic heterocycles. The van der Waals surface area contributed by atoms with Crippen molar-refractivity contribution >= 4 is 35.1 Å². The molecule has 0 aliphatic carbocycles. The molecule has 102 valence electrons. The Morgan fingerprint density at radius 3 is 2.63 bits per heavy atom. The maximum Gasteiger partial charge on any atom is 0.326 e. The van der Waals surface area contributed by atoms with Crippen molar-refractivity contribution in [2.75, 3.05) is 6.54 Å². The van der Waals surface area contributed by atoms with Gasteiger partial charge in [-0.3, -0.25) is 4.79 Å². The van der Waals surface area contributed by atoms with Gasteiger partial charge in [0.2, 0.25) is 0 Å². The molecule has 1 N–H and O–H groups in total. The van der Waals surface area contributed by atoms with E-state index in [1.165, 1.54) is 17.0 Å². The number of aliphatic carboxylic acids is 1. The molecule has 0 spiro atoms. The van der Waals surface area contributed by atoms with E-state index in [1.54, 1.807) is 6.07 Å². The molecule has 0 unspecified atom stereocenters. The minimum atomic E-state index is -0.974. The van der Waals surface area contributed by atoms with Crippen LogP contribution < -0.4 is 0 Å². The highest BCUT2D eigenvalue weighted by Crippen LogP contribution is 2.25. The van der Waals surface area contributed by atoms with Crippen LogP contribution in [0.1, 0.15) is 29.6 Å². The first-order chi connectivity index (χ1) is 9.00. The molecule has 6 heteroatoms. The summed E-state index contributed by atoms with van der Waals surface area (Å²) in [4.78, 5) is 24.9. The molecule has 1 aromatic rings. The van der Waals surface area contributed by atoms with E-state index in [4.69, 9.17) is 28.3 Å². The smallest absolute Gasteiger partial charge is 0.326 e. The third-order valence-corrected chi connectivity index (χ3v) is 3.76. The fraction of sp³-hybridized carbons (Fsp3) is 0.385. The highest BCUT2D eigenvalue weighted by atomic mass is 35.5. The van der Waals surface area contributed by atoms with Crippen molar-refractivity contribution in [1.29, 1.82) is 0 Å². The van der Waals surface area contributed by atoms with Gasteiger partial charge in [0, 0.05) is 11.6 Å². The second kappa shape index (κ2) is 5.80. The van der Waals surface area contributed by atoms with Gasteiger partial charge in [0.25, 0.3) is 5.91 Å². The first-order valence-electron chi connectivity index (χ1n) is 5.99. The summed E-state index contributed by atoms with van der Waals surface area (Å²) in [5.74, 6) is -1.33. The lowest BCUT2D eigenvalue weighted by Gasteiger charge is -2.33. The van der Waals surface area contributed by atoms with Gasteiger partial charge in [-0.15, -0.1) is 0 Å². The average molecular weight is 302 g/mol.